The molecule has 0 spiro atoms. The number of aromatic nitrogens is 1. The van der Waals surface area contributed by atoms with Crippen molar-refractivity contribution in [3.8, 4) is 45.8 Å². The van der Waals surface area contributed by atoms with E-state index in [4.69, 9.17) is 28.4 Å². The van der Waals surface area contributed by atoms with E-state index in [0.717, 1.165) is 41.5 Å². The van der Waals surface area contributed by atoms with Gasteiger partial charge in [-0.3, -0.25) is 33.6 Å². The van der Waals surface area contributed by atoms with Crippen molar-refractivity contribution >= 4 is 46.7 Å². The summed E-state index contributed by atoms with van der Waals surface area (Å²) in [5.41, 5.74) is -1.55. The SMILES string of the molecule is CC(=O)Oc1cc2cc3c(=O)c(OC(C)=O)c(OC(C)=O)c(OC(C)=O)c-3[nH]c2c(OC(C)=O)c1OC(C)=O. The maximum absolute atomic E-state index is 13.4. The lowest BCUT2D eigenvalue weighted by Gasteiger charge is -2.20. The molecule has 0 aromatic heterocycles. The Hall–Kier alpha value is -5.27. The molecule has 1 aliphatic carbocycles. The van der Waals surface area contributed by atoms with Gasteiger partial charge in [-0.15, -0.1) is 0 Å². The molecule has 0 bridgehead atoms. The van der Waals surface area contributed by atoms with Crippen LogP contribution < -0.4 is 33.8 Å². The fraction of sp³-hybridized carbons (Fsp3) is 0.240. The van der Waals surface area contributed by atoms with E-state index in [2.05, 4.69) is 4.98 Å². The number of H-pyrrole nitrogens is 1. The number of rotatable bonds is 6. The van der Waals surface area contributed by atoms with Crippen LogP contribution in [0.3, 0.4) is 0 Å². The van der Waals surface area contributed by atoms with E-state index in [1.54, 1.807) is 0 Å². The van der Waals surface area contributed by atoms with Crippen LogP contribution in [-0.2, 0) is 28.8 Å². The minimum absolute atomic E-state index is 0.0748. The lowest BCUT2D eigenvalue weighted by atomic mass is 10.0. The summed E-state index contributed by atoms with van der Waals surface area (Å²) < 4.78 is 30.9. The Morgan fingerprint density at radius 3 is 1.49 bits per heavy atom. The third-order valence-corrected chi connectivity index (χ3v) is 4.62. The molecule has 0 amide bonds. The Bertz CT molecular complexity index is 1600. The van der Waals surface area contributed by atoms with E-state index in [0.29, 0.717) is 0 Å². The molecule has 0 fully saturated rings. The van der Waals surface area contributed by atoms with Crippen molar-refractivity contribution in [2.75, 3.05) is 0 Å². The summed E-state index contributed by atoms with van der Waals surface area (Å²) in [6, 6.07) is 2.41. The molecular weight excluding hydrogens is 522 g/mol. The van der Waals surface area contributed by atoms with Crippen LogP contribution in [0.4, 0.5) is 0 Å². The molecule has 3 rings (SSSR count). The molecule has 0 atom stereocenters. The highest BCUT2D eigenvalue weighted by atomic mass is 16.6. The molecule has 1 N–H and O–H groups in total. The quantitative estimate of drug-likeness (QED) is 0.271. The normalized spacial score (nSPS) is 10.5. The van der Waals surface area contributed by atoms with Gasteiger partial charge in [0.05, 0.1) is 16.8 Å². The number of hydrogen-bond donors (Lipinski definition) is 1. The zero-order valence-electron chi connectivity index (χ0n) is 21.5. The molecular formula is C25H21NO13. The van der Waals surface area contributed by atoms with Gasteiger partial charge in [0, 0.05) is 46.9 Å². The first kappa shape index (κ1) is 28.3. The molecule has 1 heterocycles. The molecule has 1 aromatic rings. The van der Waals surface area contributed by atoms with Crippen LogP contribution in [0.1, 0.15) is 41.5 Å². The van der Waals surface area contributed by atoms with Gasteiger partial charge in [0.15, 0.2) is 5.75 Å². The third kappa shape index (κ3) is 6.18. The summed E-state index contributed by atoms with van der Waals surface area (Å²) in [6.07, 6.45) is 0. The van der Waals surface area contributed by atoms with Crippen LogP contribution in [0.25, 0.3) is 22.2 Å². The van der Waals surface area contributed by atoms with Crippen LogP contribution in [0, 0.1) is 0 Å². The second-order valence-corrected chi connectivity index (χ2v) is 7.93. The van der Waals surface area contributed by atoms with Crippen molar-refractivity contribution in [3.63, 3.8) is 0 Å². The van der Waals surface area contributed by atoms with Gasteiger partial charge in [-0.2, -0.15) is 0 Å². The first-order chi connectivity index (χ1) is 18.2. The fourth-order valence-corrected chi connectivity index (χ4v) is 3.52. The lowest BCUT2D eigenvalue weighted by molar-refractivity contribution is -0.135. The topological polar surface area (TPSA) is 191 Å². The van der Waals surface area contributed by atoms with Crippen LogP contribution in [0.15, 0.2) is 16.9 Å². The predicted octanol–water partition coefficient (Wildman–Crippen LogP) is 2.18. The van der Waals surface area contributed by atoms with Crippen molar-refractivity contribution in [1.29, 1.82) is 0 Å². The van der Waals surface area contributed by atoms with Crippen molar-refractivity contribution in [3.05, 3.63) is 22.4 Å². The summed E-state index contributed by atoms with van der Waals surface area (Å²) in [4.78, 5) is 87.3. The van der Waals surface area contributed by atoms with E-state index < -0.39 is 70.0 Å². The number of ether oxygens (including phenoxy) is 6. The van der Waals surface area contributed by atoms with Crippen molar-refractivity contribution in [1.82, 2.24) is 4.98 Å². The van der Waals surface area contributed by atoms with Gasteiger partial charge in [0.1, 0.15) is 0 Å². The van der Waals surface area contributed by atoms with Gasteiger partial charge < -0.3 is 33.4 Å². The number of carbonyl (C=O) groups is 6. The standard InChI is InChI=1S/C25H21NO13/c1-9(27)34-17-8-15-7-16-19(26-18(15)22(36-11(3)29)21(17)35-10(2)28)23(37-12(4)30)25(39-14(6)32)24(20(16)33)38-13(5)31/h7-8,26H,1-6H3. The Morgan fingerprint density at radius 2 is 0.974 bits per heavy atom. The summed E-state index contributed by atoms with van der Waals surface area (Å²) in [5.74, 6) is -8.48. The zero-order chi connectivity index (χ0) is 29.2. The van der Waals surface area contributed by atoms with Crippen LogP contribution in [-0.4, -0.2) is 40.8 Å². The maximum Gasteiger partial charge on any atom is 0.308 e. The molecule has 0 unspecified atom stereocenters. The number of nitrogens with one attached hydrogen (secondary N) is 1. The van der Waals surface area contributed by atoms with Gasteiger partial charge in [-0.25, -0.2) is 0 Å². The van der Waals surface area contributed by atoms with Gasteiger partial charge in [0.2, 0.25) is 34.2 Å². The average molecular weight is 543 g/mol. The van der Waals surface area contributed by atoms with Crippen LogP contribution >= 0.6 is 0 Å². The number of carbonyl (C=O) groups excluding carboxylic acids is 6. The van der Waals surface area contributed by atoms with E-state index in [-0.39, 0.29) is 27.9 Å². The molecule has 1 aliphatic heterocycles. The number of benzene rings is 2. The number of esters is 6. The fourth-order valence-electron chi connectivity index (χ4n) is 3.52. The Balaban J connectivity index is 2.62. The van der Waals surface area contributed by atoms with Gasteiger partial charge in [-0.05, 0) is 12.1 Å². The number of fused-ring (bicyclic) bond motifs is 2. The molecule has 204 valence electrons. The zero-order valence-corrected chi connectivity index (χ0v) is 21.5. The van der Waals surface area contributed by atoms with Crippen molar-refractivity contribution in [2.24, 2.45) is 0 Å². The highest BCUT2D eigenvalue weighted by Crippen LogP contribution is 2.48. The maximum atomic E-state index is 13.4. The molecule has 0 radical (unpaired) electrons. The summed E-state index contributed by atoms with van der Waals surface area (Å²) in [5, 5.41) is 0.0748. The highest BCUT2D eigenvalue weighted by Gasteiger charge is 2.32. The van der Waals surface area contributed by atoms with Crippen LogP contribution in [0.2, 0.25) is 0 Å². The van der Waals surface area contributed by atoms with E-state index in [1.165, 1.54) is 12.1 Å². The third-order valence-electron chi connectivity index (χ3n) is 4.62. The molecule has 39 heavy (non-hydrogen) atoms. The Morgan fingerprint density at radius 1 is 0.538 bits per heavy atom. The Labute approximate surface area is 219 Å². The molecule has 2 aliphatic rings. The largest absolute Gasteiger partial charge is 0.423 e. The molecule has 1 aromatic carbocycles. The Kier molecular flexibility index (Phi) is 7.98. The first-order valence-corrected chi connectivity index (χ1v) is 11.0. The molecule has 14 heteroatoms. The molecule has 0 saturated heterocycles. The van der Waals surface area contributed by atoms with Crippen LogP contribution in [0.5, 0.6) is 34.5 Å². The van der Waals surface area contributed by atoms with Crippen molar-refractivity contribution in [2.45, 2.75) is 41.5 Å². The lowest BCUT2D eigenvalue weighted by Crippen LogP contribution is -2.20. The highest BCUT2D eigenvalue weighted by molar-refractivity contribution is 5.98. The smallest absolute Gasteiger partial charge is 0.308 e. The monoisotopic (exact) mass is 543 g/mol. The summed E-state index contributed by atoms with van der Waals surface area (Å²) in [6.45, 7) is 6.18. The van der Waals surface area contributed by atoms with Gasteiger partial charge in [0.25, 0.3) is 0 Å². The summed E-state index contributed by atoms with van der Waals surface area (Å²) in [7, 11) is 0. The molecule has 0 saturated carbocycles. The predicted molar refractivity (Wildman–Crippen MR) is 129 cm³/mol. The second-order valence-electron chi connectivity index (χ2n) is 7.93. The van der Waals surface area contributed by atoms with Gasteiger partial charge in [-0.1, -0.05) is 0 Å². The average Bonchev–Trinajstić information content (AvgIpc) is 2.78. The number of aromatic amines is 1. The minimum atomic E-state index is -0.961. The van der Waals surface area contributed by atoms with E-state index >= 15 is 0 Å². The summed E-state index contributed by atoms with van der Waals surface area (Å²) >= 11 is 0. The first-order valence-electron chi connectivity index (χ1n) is 11.0. The van der Waals surface area contributed by atoms with E-state index in [9.17, 15) is 33.6 Å². The van der Waals surface area contributed by atoms with Gasteiger partial charge >= 0.3 is 35.8 Å². The van der Waals surface area contributed by atoms with E-state index in [1.807, 2.05) is 0 Å². The van der Waals surface area contributed by atoms with Crippen molar-refractivity contribution < 1.29 is 57.2 Å². The molecule has 14 nitrogen and oxygen atoms in total. The number of pyridine rings is 1. The number of hydrogen-bond acceptors (Lipinski definition) is 13. The minimum Gasteiger partial charge on any atom is -0.423 e. The second kappa shape index (κ2) is 11.0.